The van der Waals surface area contributed by atoms with Gasteiger partial charge in [-0.3, -0.25) is 0 Å². The smallest absolute Gasteiger partial charge is 0.108 e. The predicted octanol–water partition coefficient (Wildman–Crippen LogP) is 0.545. The van der Waals surface area contributed by atoms with Crippen LogP contribution in [0.25, 0.3) is 0 Å². The SMILES string of the molecule is CCCc1nccn1CCC(N)CO. The van der Waals surface area contributed by atoms with Gasteiger partial charge in [0.25, 0.3) is 0 Å². The number of aliphatic hydroxyl groups is 1. The lowest BCUT2D eigenvalue weighted by Crippen LogP contribution is -2.26. The van der Waals surface area contributed by atoms with Gasteiger partial charge in [-0.05, 0) is 12.8 Å². The number of hydrogen-bond donors (Lipinski definition) is 2. The fourth-order valence-electron chi connectivity index (χ4n) is 1.39. The first-order valence-corrected chi connectivity index (χ1v) is 5.14. The second kappa shape index (κ2) is 5.78. The van der Waals surface area contributed by atoms with Crippen molar-refractivity contribution in [3.63, 3.8) is 0 Å². The highest BCUT2D eigenvalue weighted by atomic mass is 16.3. The van der Waals surface area contributed by atoms with Crippen molar-refractivity contribution in [2.75, 3.05) is 6.61 Å². The maximum atomic E-state index is 8.79. The van der Waals surface area contributed by atoms with Crippen molar-refractivity contribution < 1.29 is 5.11 Å². The number of aromatic nitrogens is 2. The standard InChI is InChI=1S/C10H19N3O/c1-2-3-10-12-5-7-13(10)6-4-9(11)8-14/h5,7,9,14H,2-4,6,8,11H2,1H3. The topological polar surface area (TPSA) is 64.1 Å². The van der Waals surface area contributed by atoms with Crippen LogP contribution in [0, 0.1) is 0 Å². The second-order valence-electron chi connectivity index (χ2n) is 3.52. The first-order chi connectivity index (χ1) is 6.77. The zero-order chi connectivity index (χ0) is 10.4. The van der Waals surface area contributed by atoms with Crippen LogP contribution in [-0.4, -0.2) is 27.3 Å². The summed E-state index contributed by atoms with van der Waals surface area (Å²) in [7, 11) is 0. The van der Waals surface area contributed by atoms with Gasteiger partial charge in [0.2, 0.25) is 0 Å². The van der Waals surface area contributed by atoms with Crippen LogP contribution in [0.2, 0.25) is 0 Å². The molecular weight excluding hydrogens is 178 g/mol. The number of aryl methyl sites for hydroxylation is 2. The van der Waals surface area contributed by atoms with Gasteiger partial charge >= 0.3 is 0 Å². The molecule has 0 amide bonds. The van der Waals surface area contributed by atoms with E-state index < -0.39 is 0 Å². The minimum Gasteiger partial charge on any atom is -0.395 e. The summed E-state index contributed by atoms with van der Waals surface area (Å²) >= 11 is 0. The number of nitrogens with zero attached hydrogens (tertiary/aromatic N) is 2. The number of rotatable bonds is 6. The molecule has 14 heavy (non-hydrogen) atoms. The Balaban J connectivity index is 2.45. The molecule has 1 rings (SSSR count). The van der Waals surface area contributed by atoms with E-state index in [4.69, 9.17) is 10.8 Å². The third kappa shape index (κ3) is 3.12. The summed E-state index contributed by atoms with van der Waals surface area (Å²) < 4.78 is 2.11. The van der Waals surface area contributed by atoms with E-state index in [-0.39, 0.29) is 12.6 Å². The van der Waals surface area contributed by atoms with Gasteiger partial charge in [0, 0.05) is 31.4 Å². The molecule has 0 saturated carbocycles. The minimum absolute atomic E-state index is 0.0534. The molecule has 0 aliphatic heterocycles. The van der Waals surface area contributed by atoms with Gasteiger partial charge in [-0.1, -0.05) is 6.92 Å². The first-order valence-electron chi connectivity index (χ1n) is 5.14. The molecule has 0 bridgehead atoms. The minimum atomic E-state index is -0.119. The van der Waals surface area contributed by atoms with Crippen molar-refractivity contribution in [2.24, 2.45) is 5.73 Å². The lowest BCUT2D eigenvalue weighted by molar-refractivity contribution is 0.255. The van der Waals surface area contributed by atoms with Crippen molar-refractivity contribution >= 4 is 0 Å². The zero-order valence-corrected chi connectivity index (χ0v) is 8.69. The number of imidazole rings is 1. The molecule has 3 N–H and O–H groups in total. The summed E-state index contributed by atoms with van der Waals surface area (Å²) in [6.07, 6.45) is 6.68. The lowest BCUT2D eigenvalue weighted by Gasteiger charge is -2.10. The monoisotopic (exact) mass is 197 g/mol. The summed E-state index contributed by atoms with van der Waals surface area (Å²) in [6, 6.07) is -0.119. The number of nitrogens with two attached hydrogens (primary N) is 1. The van der Waals surface area contributed by atoms with Gasteiger partial charge < -0.3 is 15.4 Å². The fourth-order valence-corrected chi connectivity index (χ4v) is 1.39. The molecule has 80 valence electrons. The highest BCUT2D eigenvalue weighted by Crippen LogP contribution is 2.03. The van der Waals surface area contributed by atoms with E-state index in [1.807, 2.05) is 12.4 Å². The molecule has 0 aliphatic carbocycles. The van der Waals surface area contributed by atoms with E-state index >= 15 is 0 Å². The van der Waals surface area contributed by atoms with Gasteiger partial charge in [0.1, 0.15) is 5.82 Å². The van der Waals surface area contributed by atoms with E-state index in [1.165, 1.54) is 0 Å². The van der Waals surface area contributed by atoms with E-state index in [0.717, 1.165) is 31.6 Å². The largest absolute Gasteiger partial charge is 0.395 e. The first kappa shape index (κ1) is 11.2. The summed E-state index contributed by atoms with van der Waals surface area (Å²) in [5, 5.41) is 8.79. The summed E-state index contributed by atoms with van der Waals surface area (Å²) in [6.45, 7) is 3.04. The average Bonchev–Trinajstić information content (AvgIpc) is 2.62. The highest BCUT2D eigenvalue weighted by Gasteiger charge is 2.04. The quantitative estimate of drug-likeness (QED) is 0.700. The molecule has 0 aromatic carbocycles. The second-order valence-corrected chi connectivity index (χ2v) is 3.52. The third-order valence-corrected chi connectivity index (χ3v) is 2.25. The van der Waals surface area contributed by atoms with E-state index in [9.17, 15) is 0 Å². The molecule has 1 aromatic heterocycles. The zero-order valence-electron chi connectivity index (χ0n) is 8.69. The molecule has 1 unspecified atom stereocenters. The Morgan fingerprint density at radius 2 is 2.43 bits per heavy atom. The predicted molar refractivity (Wildman–Crippen MR) is 55.9 cm³/mol. The van der Waals surface area contributed by atoms with Crippen molar-refractivity contribution in [1.82, 2.24) is 9.55 Å². The lowest BCUT2D eigenvalue weighted by atomic mass is 10.2. The van der Waals surface area contributed by atoms with Crippen LogP contribution in [0.15, 0.2) is 12.4 Å². The number of aliphatic hydroxyl groups excluding tert-OH is 1. The molecule has 0 saturated heterocycles. The van der Waals surface area contributed by atoms with Gasteiger partial charge in [-0.15, -0.1) is 0 Å². The van der Waals surface area contributed by atoms with Crippen LogP contribution < -0.4 is 5.73 Å². The highest BCUT2D eigenvalue weighted by molar-refractivity contribution is 4.92. The van der Waals surface area contributed by atoms with Crippen LogP contribution in [0.3, 0.4) is 0 Å². The van der Waals surface area contributed by atoms with Gasteiger partial charge in [-0.2, -0.15) is 0 Å². The van der Waals surface area contributed by atoms with E-state index in [1.54, 1.807) is 0 Å². The summed E-state index contributed by atoms with van der Waals surface area (Å²) in [5.41, 5.74) is 5.63. The van der Waals surface area contributed by atoms with Crippen molar-refractivity contribution in [3.05, 3.63) is 18.2 Å². The van der Waals surface area contributed by atoms with Crippen LogP contribution in [0.1, 0.15) is 25.6 Å². The maximum Gasteiger partial charge on any atom is 0.108 e. The molecule has 0 spiro atoms. The summed E-state index contributed by atoms with van der Waals surface area (Å²) in [5.74, 6) is 1.11. The fraction of sp³-hybridized carbons (Fsp3) is 0.700. The van der Waals surface area contributed by atoms with Gasteiger partial charge in [0.05, 0.1) is 6.61 Å². The van der Waals surface area contributed by atoms with Crippen LogP contribution in [0.4, 0.5) is 0 Å². The molecular formula is C10H19N3O. The molecule has 0 fully saturated rings. The van der Waals surface area contributed by atoms with E-state index in [2.05, 4.69) is 16.5 Å². The molecule has 1 aromatic rings. The molecule has 1 atom stereocenters. The Hall–Kier alpha value is -0.870. The van der Waals surface area contributed by atoms with Crippen molar-refractivity contribution in [3.8, 4) is 0 Å². The Kier molecular flexibility index (Phi) is 4.62. The Morgan fingerprint density at radius 1 is 1.64 bits per heavy atom. The average molecular weight is 197 g/mol. The van der Waals surface area contributed by atoms with Crippen LogP contribution in [-0.2, 0) is 13.0 Å². The Bertz CT molecular complexity index is 260. The van der Waals surface area contributed by atoms with Crippen LogP contribution in [0.5, 0.6) is 0 Å². The molecule has 1 heterocycles. The van der Waals surface area contributed by atoms with Crippen molar-refractivity contribution in [2.45, 2.75) is 38.8 Å². The molecule has 0 aliphatic rings. The van der Waals surface area contributed by atoms with Crippen LogP contribution >= 0.6 is 0 Å². The maximum absolute atomic E-state index is 8.79. The summed E-state index contributed by atoms with van der Waals surface area (Å²) in [4.78, 5) is 4.27. The van der Waals surface area contributed by atoms with E-state index in [0.29, 0.717) is 0 Å². The van der Waals surface area contributed by atoms with Crippen molar-refractivity contribution in [1.29, 1.82) is 0 Å². The normalized spacial score (nSPS) is 13.1. The van der Waals surface area contributed by atoms with Gasteiger partial charge in [-0.25, -0.2) is 4.98 Å². The number of hydrogen-bond acceptors (Lipinski definition) is 3. The molecule has 0 radical (unpaired) electrons. The Labute approximate surface area is 84.8 Å². The molecule has 4 nitrogen and oxygen atoms in total. The molecule has 4 heteroatoms. The van der Waals surface area contributed by atoms with Gasteiger partial charge in [0.15, 0.2) is 0 Å². The third-order valence-electron chi connectivity index (χ3n) is 2.25. The Morgan fingerprint density at radius 3 is 3.07 bits per heavy atom.